The summed E-state index contributed by atoms with van der Waals surface area (Å²) in [6, 6.07) is 16.3. The first kappa shape index (κ1) is 18.2. The van der Waals surface area contributed by atoms with Crippen molar-refractivity contribution in [1.82, 2.24) is 20.0 Å². The summed E-state index contributed by atoms with van der Waals surface area (Å²) >= 11 is 0. The van der Waals surface area contributed by atoms with E-state index in [4.69, 9.17) is 0 Å². The number of fused-ring (bicyclic) bond motifs is 1. The fraction of sp³-hybridized carbons (Fsp3) is 0.261. The van der Waals surface area contributed by atoms with Crippen LogP contribution in [-0.2, 0) is 19.4 Å². The SMILES string of the molecule is CCCCc1cccc(Cn2cc(CC(=O)c3n[nH]c4ccccc34)cn2)c1. The Kier molecular flexibility index (Phi) is 5.33. The lowest BCUT2D eigenvalue weighted by Gasteiger charge is -2.05. The molecule has 0 atom stereocenters. The number of aromatic nitrogens is 4. The average Bonchev–Trinajstić information content (AvgIpc) is 3.33. The molecule has 0 fully saturated rings. The second-order valence-corrected chi connectivity index (χ2v) is 7.19. The number of aromatic amines is 1. The standard InChI is InChI=1S/C23H24N4O/c1-2-3-7-17-8-6-9-18(12-17)15-27-16-19(14-24-27)13-22(28)23-20-10-4-5-11-21(20)25-26-23/h4-6,8-12,14,16H,2-3,7,13,15H2,1H3,(H,25,26). The van der Waals surface area contributed by atoms with Crippen molar-refractivity contribution in [2.75, 3.05) is 0 Å². The van der Waals surface area contributed by atoms with Crippen molar-refractivity contribution in [3.8, 4) is 0 Å². The third-order valence-corrected chi connectivity index (χ3v) is 4.94. The highest BCUT2D eigenvalue weighted by molar-refractivity contribution is 6.06. The van der Waals surface area contributed by atoms with Gasteiger partial charge in [-0.2, -0.15) is 10.2 Å². The van der Waals surface area contributed by atoms with Crippen LogP contribution in [0.4, 0.5) is 0 Å². The van der Waals surface area contributed by atoms with Gasteiger partial charge in [-0.25, -0.2) is 0 Å². The Balaban J connectivity index is 1.44. The van der Waals surface area contributed by atoms with E-state index in [9.17, 15) is 4.79 Å². The summed E-state index contributed by atoms with van der Waals surface area (Å²) in [7, 11) is 0. The third-order valence-electron chi connectivity index (χ3n) is 4.94. The molecule has 0 amide bonds. The van der Waals surface area contributed by atoms with Gasteiger partial charge >= 0.3 is 0 Å². The molecule has 2 aromatic heterocycles. The predicted molar refractivity (Wildman–Crippen MR) is 111 cm³/mol. The highest BCUT2D eigenvalue weighted by Gasteiger charge is 2.15. The Bertz CT molecular complexity index is 1090. The van der Waals surface area contributed by atoms with E-state index >= 15 is 0 Å². The molecule has 5 nitrogen and oxygen atoms in total. The van der Waals surface area contributed by atoms with Gasteiger partial charge in [-0.1, -0.05) is 55.8 Å². The molecule has 0 aliphatic heterocycles. The van der Waals surface area contributed by atoms with E-state index in [1.807, 2.05) is 35.1 Å². The number of nitrogens with one attached hydrogen (secondary N) is 1. The monoisotopic (exact) mass is 372 g/mol. The number of ketones is 1. The summed E-state index contributed by atoms with van der Waals surface area (Å²) in [4.78, 5) is 12.7. The molecular weight excluding hydrogens is 348 g/mol. The van der Waals surface area contributed by atoms with Crippen molar-refractivity contribution < 1.29 is 4.79 Å². The van der Waals surface area contributed by atoms with E-state index < -0.39 is 0 Å². The van der Waals surface area contributed by atoms with Crippen molar-refractivity contribution in [2.24, 2.45) is 0 Å². The molecule has 0 aliphatic rings. The van der Waals surface area contributed by atoms with Crippen LogP contribution >= 0.6 is 0 Å². The second kappa shape index (κ2) is 8.21. The molecule has 0 radical (unpaired) electrons. The zero-order chi connectivity index (χ0) is 19.3. The van der Waals surface area contributed by atoms with Gasteiger partial charge < -0.3 is 0 Å². The average molecular weight is 372 g/mol. The van der Waals surface area contributed by atoms with Crippen molar-refractivity contribution in [2.45, 2.75) is 39.2 Å². The maximum absolute atomic E-state index is 12.7. The van der Waals surface area contributed by atoms with Gasteiger partial charge in [-0.05, 0) is 35.6 Å². The molecule has 4 rings (SSSR count). The Labute approximate surface area is 164 Å². The van der Waals surface area contributed by atoms with E-state index in [2.05, 4.69) is 46.5 Å². The second-order valence-electron chi connectivity index (χ2n) is 7.19. The van der Waals surface area contributed by atoms with Crippen LogP contribution in [0.1, 0.15) is 46.9 Å². The quantitative estimate of drug-likeness (QED) is 0.461. The number of benzene rings is 2. The Morgan fingerprint density at radius 3 is 2.82 bits per heavy atom. The van der Waals surface area contributed by atoms with Crippen LogP contribution in [0.5, 0.6) is 0 Å². The number of nitrogens with zero attached hydrogens (tertiary/aromatic N) is 3. The number of carbonyl (C=O) groups excluding carboxylic acids is 1. The molecule has 0 unspecified atom stereocenters. The summed E-state index contributed by atoms with van der Waals surface area (Å²) in [5, 5.41) is 12.4. The van der Waals surface area contributed by atoms with Gasteiger partial charge in [0.25, 0.3) is 0 Å². The molecule has 0 spiro atoms. The fourth-order valence-electron chi connectivity index (χ4n) is 3.48. The zero-order valence-electron chi connectivity index (χ0n) is 16.1. The van der Waals surface area contributed by atoms with Crippen molar-refractivity contribution in [3.63, 3.8) is 0 Å². The number of rotatable bonds is 8. The van der Waals surface area contributed by atoms with Crippen LogP contribution in [0.2, 0.25) is 0 Å². The molecule has 4 aromatic rings. The van der Waals surface area contributed by atoms with Crippen LogP contribution < -0.4 is 0 Å². The topological polar surface area (TPSA) is 63.6 Å². The lowest BCUT2D eigenvalue weighted by atomic mass is 10.1. The minimum atomic E-state index is -0.00133. The lowest BCUT2D eigenvalue weighted by molar-refractivity contribution is 0.0989. The maximum atomic E-state index is 12.7. The van der Waals surface area contributed by atoms with Gasteiger partial charge in [-0.15, -0.1) is 0 Å². The van der Waals surface area contributed by atoms with Gasteiger partial charge in [0.05, 0.1) is 18.3 Å². The van der Waals surface area contributed by atoms with Crippen molar-refractivity contribution in [1.29, 1.82) is 0 Å². The third kappa shape index (κ3) is 4.03. The summed E-state index contributed by atoms with van der Waals surface area (Å²) in [5.41, 5.74) is 4.87. The molecular formula is C23H24N4O. The molecule has 0 bridgehead atoms. The first-order valence-corrected chi connectivity index (χ1v) is 9.78. The minimum absolute atomic E-state index is 0.00133. The molecule has 142 valence electrons. The number of hydrogen-bond donors (Lipinski definition) is 1. The normalized spacial score (nSPS) is 11.2. The molecule has 0 saturated heterocycles. The fourth-order valence-corrected chi connectivity index (χ4v) is 3.48. The highest BCUT2D eigenvalue weighted by atomic mass is 16.1. The molecule has 0 aliphatic carbocycles. The van der Waals surface area contributed by atoms with Gasteiger partial charge in [0.15, 0.2) is 5.78 Å². The van der Waals surface area contributed by atoms with Gasteiger partial charge in [0, 0.05) is 18.0 Å². The molecule has 2 aromatic carbocycles. The van der Waals surface area contributed by atoms with E-state index in [-0.39, 0.29) is 5.78 Å². The van der Waals surface area contributed by atoms with Crippen LogP contribution in [-0.4, -0.2) is 25.8 Å². The number of H-pyrrole nitrogens is 1. The molecule has 2 heterocycles. The van der Waals surface area contributed by atoms with Gasteiger partial charge in [-0.3, -0.25) is 14.6 Å². The van der Waals surface area contributed by atoms with Gasteiger partial charge in [0.1, 0.15) is 5.69 Å². The minimum Gasteiger partial charge on any atom is -0.292 e. The summed E-state index contributed by atoms with van der Waals surface area (Å²) in [6.07, 6.45) is 7.54. The highest BCUT2D eigenvalue weighted by Crippen LogP contribution is 2.17. The Morgan fingerprint density at radius 2 is 1.93 bits per heavy atom. The molecule has 0 saturated carbocycles. The Morgan fingerprint density at radius 1 is 1.07 bits per heavy atom. The van der Waals surface area contributed by atoms with E-state index in [0.717, 1.165) is 22.9 Å². The predicted octanol–water partition coefficient (Wildman–Crippen LogP) is 4.58. The summed E-state index contributed by atoms with van der Waals surface area (Å²) in [6.45, 7) is 2.92. The first-order chi connectivity index (χ1) is 13.7. The molecule has 1 N–H and O–H groups in total. The van der Waals surface area contributed by atoms with E-state index in [0.29, 0.717) is 18.7 Å². The summed E-state index contributed by atoms with van der Waals surface area (Å²) in [5.74, 6) is -0.00133. The van der Waals surface area contributed by atoms with Crippen LogP contribution in [0.25, 0.3) is 10.9 Å². The first-order valence-electron chi connectivity index (χ1n) is 9.78. The largest absolute Gasteiger partial charge is 0.292 e. The molecule has 28 heavy (non-hydrogen) atoms. The van der Waals surface area contributed by atoms with Gasteiger partial charge in [0.2, 0.25) is 0 Å². The van der Waals surface area contributed by atoms with Crippen LogP contribution in [0.15, 0.2) is 60.9 Å². The molecule has 5 heteroatoms. The number of Topliss-reactive ketones (excluding diaryl/α,β-unsaturated/α-hetero) is 1. The van der Waals surface area contributed by atoms with E-state index in [1.165, 1.54) is 24.0 Å². The zero-order valence-corrected chi connectivity index (χ0v) is 16.1. The number of aryl methyl sites for hydroxylation is 1. The Hall–Kier alpha value is -3.21. The van der Waals surface area contributed by atoms with Crippen molar-refractivity contribution in [3.05, 3.63) is 83.3 Å². The number of carbonyl (C=O) groups is 1. The van der Waals surface area contributed by atoms with Crippen LogP contribution in [0, 0.1) is 0 Å². The summed E-state index contributed by atoms with van der Waals surface area (Å²) < 4.78 is 1.89. The number of hydrogen-bond acceptors (Lipinski definition) is 3. The number of unbranched alkanes of at least 4 members (excludes halogenated alkanes) is 1. The lowest BCUT2D eigenvalue weighted by Crippen LogP contribution is -2.04. The van der Waals surface area contributed by atoms with Crippen LogP contribution in [0.3, 0.4) is 0 Å². The maximum Gasteiger partial charge on any atom is 0.188 e. The smallest absolute Gasteiger partial charge is 0.188 e. The van der Waals surface area contributed by atoms with Crippen molar-refractivity contribution >= 4 is 16.7 Å². The number of para-hydroxylation sites is 1. The van der Waals surface area contributed by atoms with E-state index in [1.54, 1.807) is 6.20 Å².